The summed E-state index contributed by atoms with van der Waals surface area (Å²) in [4.78, 5) is 15.9. The Bertz CT molecular complexity index is 497. The normalized spacial score (nSPS) is 22.7. The molecular weight excluding hydrogens is 230 g/mol. The molecular formula is C13H19N3O2. The lowest BCUT2D eigenvalue weighted by atomic mass is 9.92. The molecule has 1 aliphatic heterocycles. The Morgan fingerprint density at radius 1 is 1.44 bits per heavy atom. The van der Waals surface area contributed by atoms with Crippen molar-refractivity contribution >= 4 is 18.0 Å². The van der Waals surface area contributed by atoms with Crippen molar-refractivity contribution < 1.29 is 9.53 Å². The second-order valence-corrected chi connectivity index (χ2v) is 5.65. The Kier molecular flexibility index (Phi) is 3.00. The van der Waals surface area contributed by atoms with E-state index in [9.17, 15) is 4.79 Å². The van der Waals surface area contributed by atoms with E-state index < -0.39 is 0 Å². The van der Waals surface area contributed by atoms with Crippen LogP contribution in [0.2, 0.25) is 0 Å². The standard InChI is InChI=1S/C13H19N3O2/c1-8-9(12(17)18-5)7-14-11-6-10(13(2,3)4)15-16(8)11/h6-9H,1-5H3. The summed E-state index contributed by atoms with van der Waals surface area (Å²) in [5.41, 5.74) is 0.951. The fraction of sp³-hybridized carbons (Fsp3) is 0.615. The number of rotatable bonds is 1. The molecule has 1 aromatic rings. The highest BCUT2D eigenvalue weighted by atomic mass is 16.5. The molecule has 98 valence electrons. The summed E-state index contributed by atoms with van der Waals surface area (Å²) in [6.07, 6.45) is 1.65. The summed E-state index contributed by atoms with van der Waals surface area (Å²) >= 11 is 0. The third-order valence-electron chi connectivity index (χ3n) is 3.23. The minimum absolute atomic E-state index is 0.0274. The molecule has 5 heteroatoms. The first-order valence-corrected chi connectivity index (χ1v) is 6.06. The molecule has 0 radical (unpaired) electrons. The number of esters is 1. The van der Waals surface area contributed by atoms with Crippen LogP contribution in [0.1, 0.15) is 39.4 Å². The van der Waals surface area contributed by atoms with E-state index in [1.807, 2.05) is 17.7 Å². The van der Waals surface area contributed by atoms with Crippen LogP contribution in [0, 0.1) is 5.92 Å². The van der Waals surface area contributed by atoms with Gasteiger partial charge >= 0.3 is 5.97 Å². The Balaban J connectivity index is 2.37. The number of aromatic nitrogens is 2. The number of aliphatic imine (C=N–C) groups is 1. The van der Waals surface area contributed by atoms with Crippen molar-refractivity contribution in [2.45, 2.75) is 39.2 Å². The third-order valence-corrected chi connectivity index (χ3v) is 3.23. The first-order valence-electron chi connectivity index (χ1n) is 6.06. The van der Waals surface area contributed by atoms with Crippen LogP contribution in [-0.4, -0.2) is 29.1 Å². The number of fused-ring (bicyclic) bond motifs is 1. The molecule has 2 unspecified atom stereocenters. The average Bonchev–Trinajstić information content (AvgIpc) is 2.73. The molecule has 5 nitrogen and oxygen atoms in total. The molecule has 0 bridgehead atoms. The van der Waals surface area contributed by atoms with Gasteiger partial charge in [0.1, 0.15) is 5.92 Å². The number of hydrogen-bond donors (Lipinski definition) is 0. The van der Waals surface area contributed by atoms with Crippen molar-refractivity contribution in [2.75, 3.05) is 7.11 Å². The SMILES string of the molecule is COC(=O)C1C=Nc2cc(C(C)(C)C)nn2C1C. The Labute approximate surface area is 107 Å². The van der Waals surface area contributed by atoms with Crippen LogP contribution in [0.5, 0.6) is 0 Å². The van der Waals surface area contributed by atoms with Crippen LogP contribution in [0.3, 0.4) is 0 Å². The first kappa shape index (κ1) is 12.8. The summed E-state index contributed by atoms with van der Waals surface area (Å²) in [6.45, 7) is 8.27. The molecule has 18 heavy (non-hydrogen) atoms. The number of methoxy groups -OCH3 is 1. The zero-order chi connectivity index (χ0) is 13.5. The Morgan fingerprint density at radius 2 is 2.11 bits per heavy atom. The predicted molar refractivity (Wildman–Crippen MR) is 69.3 cm³/mol. The van der Waals surface area contributed by atoms with E-state index in [-0.39, 0.29) is 23.3 Å². The Hall–Kier alpha value is -1.65. The first-order chi connectivity index (χ1) is 8.34. The second-order valence-electron chi connectivity index (χ2n) is 5.65. The average molecular weight is 249 g/mol. The van der Waals surface area contributed by atoms with Crippen molar-refractivity contribution in [1.29, 1.82) is 0 Å². The molecule has 0 saturated heterocycles. The number of nitrogens with zero attached hydrogens (tertiary/aromatic N) is 3. The molecule has 0 spiro atoms. The lowest BCUT2D eigenvalue weighted by Crippen LogP contribution is -2.30. The van der Waals surface area contributed by atoms with Gasteiger partial charge in [0.2, 0.25) is 0 Å². The summed E-state index contributed by atoms with van der Waals surface area (Å²) in [7, 11) is 1.39. The van der Waals surface area contributed by atoms with Gasteiger partial charge in [-0.05, 0) is 6.92 Å². The summed E-state index contributed by atoms with van der Waals surface area (Å²) in [5, 5.41) is 4.57. The van der Waals surface area contributed by atoms with E-state index in [1.165, 1.54) is 7.11 Å². The van der Waals surface area contributed by atoms with Gasteiger partial charge in [0, 0.05) is 17.7 Å². The molecule has 2 atom stereocenters. The number of carbonyl (C=O) groups is 1. The molecule has 0 amide bonds. The molecule has 0 aromatic carbocycles. The second kappa shape index (κ2) is 4.23. The maximum atomic E-state index is 11.6. The van der Waals surface area contributed by atoms with Gasteiger partial charge in [0.25, 0.3) is 0 Å². The molecule has 2 rings (SSSR count). The zero-order valence-corrected chi connectivity index (χ0v) is 11.5. The van der Waals surface area contributed by atoms with Gasteiger partial charge in [-0.3, -0.25) is 4.79 Å². The van der Waals surface area contributed by atoms with Crippen LogP contribution < -0.4 is 0 Å². The van der Waals surface area contributed by atoms with E-state index in [2.05, 4.69) is 30.9 Å². The van der Waals surface area contributed by atoms with Crippen LogP contribution in [0.4, 0.5) is 5.82 Å². The molecule has 0 fully saturated rings. The van der Waals surface area contributed by atoms with Gasteiger partial charge in [-0.15, -0.1) is 0 Å². The fourth-order valence-corrected chi connectivity index (χ4v) is 1.97. The smallest absolute Gasteiger partial charge is 0.316 e. The summed E-state index contributed by atoms with van der Waals surface area (Å²) in [6, 6.07) is 1.90. The molecule has 0 aliphatic carbocycles. The summed E-state index contributed by atoms with van der Waals surface area (Å²) in [5.74, 6) is 0.160. The van der Waals surface area contributed by atoms with E-state index in [4.69, 9.17) is 4.74 Å². The highest BCUT2D eigenvalue weighted by Crippen LogP contribution is 2.32. The van der Waals surface area contributed by atoms with Crippen LogP contribution >= 0.6 is 0 Å². The van der Waals surface area contributed by atoms with Crippen molar-refractivity contribution in [3.05, 3.63) is 11.8 Å². The third kappa shape index (κ3) is 2.05. The largest absolute Gasteiger partial charge is 0.468 e. The van der Waals surface area contributed by atoms with Gasteiger partial charge in [-0.1, -0.05) is 20.8 Å². The lowest BCUT2D eigenvalue weighted by molar-refractivity contribution is -0.144. The topological polar surface area (TPSA) is 56.5 Å². The van der Waals surface area contributed by atoms with E-state index in [1.54, 1.807) is 6.21 Å². The quantitative estimate of drug-likeness (QED) is 0.717. The van der Waals surface area contributed by atoms with Crippen LogP contribution in [0.15, 0.2) is 11.1 Å². The number of ether oxygens (including phenoxy) is 1. The van der Waals surface area contributed by atoms with Crippen molar-refractivity contribution in [2.24, 2.45) is 10.9 Å². The lowest BCUT2D eigenvalue weighted by Gasteiger charge is -2.23. The monoisotopic (exact) mass is 249 g/mol. The minimum Gasteiger partial charge on any atom is -0.468 e. The molecule has 1 aromatic heterocycles. The van der Waals surface area contributed by atoms with E-state index in [0.29, 0.717) is 0 Å². The van der Waals surface area contributed by atoms with Gasteiger partial charge < -0.3 is 4.74 Å². The maximum absolute atomic E-state index is 11.6. The van der Waals surface area contributed by atoms with Crippen LogP contribution in [-0.2, 0) is 14.9 Å². The number of hydrogen-bond acceptors (Lipinski definition) is 4. The highest BCUT2D eigenvalue weighted by molar-refractivity contribution is 5.92. The molecule has 1 aliphatic rings. The van der Waals surface area contributed by atoms with Gasteiger partial charge in [0.05, 0.1) is 18.8 Å². The minimum atomic E-state index is -0.366. The van der Waals surface area contributed by atoms with Crippen molar-refractivity contribution in [3.63, 3.8) is 0 Å². The predicted octanol–water partition coefficient (Wildman–Crippen LogP) is 2.25. The summed E-state index contributed by atoms with van der Waals surface area (Å²) < 4.78 is 6.59. The van der Waals surface area contributed by atoms with Gasteiger partial charge in [0.15, 0.2) is 5.82 Å². The maximum Gasteiger partial charge on any atom is 0.316 e. The zero-order valence-electron chi connectivity index (χ0n) is 11.5. The van der Waals surface area contributed by atoms with Crippen molar-refractivity contribution in [3.8, 4) is 0 Å². The van der Waals surface area contributed by atoms with Crippen LogP contribution in [0.25, 0.3) is 0 Å². The molecule has 0 saturated carbocycles. The Morgan fingerprint density at radius 3 is 2.67 bits per heavy atom. The van der Waals surface area contributed by atoms with Gasteiger partial charge in [-0.25, -0.2) is 9.67 Å². The van der Waals surface area contributed by atoms with E-state index >= 15 is 0 Å². The molecule has 2 heterocycles. The van der Waals surface area contributed by atoms with Crippen molar-refractivity contribution in [1.82, 2.24) is 9.78 Å². The fourth-order valence-electron chi connectivity index (χ4n) is 1.97. The highest BCUT2D eigenvalue weighted by Gasteiger charge is 2.32. The number of carbonyl (C=O) groups excluding carboxylic acids is 1. The van der Waals surface area contributed by atoms with Gasteiger partial charge in [-0.2, -0.15) is 5.10 Å². The molecule has 0 N–H and O–H groups in total. The van der Waals surface area contributed by atoms with E-state index in [0.717, 1.165) is 11.5 Å².